The van der Waals surface area contributed by atoms with Crippen molar-refractivity contribution in [3.63, 3.8) is 0 Å². The molecule has 0 fully saturated rings. The molecule has 1 atom stereocenters. The lowest BCUT2D eigenvalue weighted by Crippen LogP contribution is -2.37. The maximum atomic E-state index is 12.4. The molecule has 0 aliphatic rings. The smallest absolute Gasteiger partial charge is 0.242 e. The van der Waals surface area contributed by atoms with Crippen LogP contribution in [0.5, 0.6) is 0 Å². The summed E-state index contributed by atoms with van der Waals surface area (Å²) in [5.74, 6) is 0.960. The first-order valence-electron chi connectivity index (χ1n) is 9.09. The molecule has 0 aliphatic heterocycles. The van der Waals surface area contributed by atoms with Crippen molar-refractivity contribution in [3.8, 4) is 11.3 Å². The fraction of sp³-hybridized carbons (Fsp3) is 0.136. The standard InChI is InChI=1S/C22H20N4O2/c1-15(21(27)23-14-17-10-7-13-28-17)24-22-25-19-12-6-5-11-18(19)20(26-22)16-8-3-2-4-9-16/h2-13,15H,14H2,1H3,(H,23,27)(H,24,25,26). The van der Waals surface area contributed by atoms with E-state index in [1.54, 1.807) is 19.3 Å². The van der Waals surface area contributed by atoms with Crippen molar-refractivity contribution in [2.45, 2.75) is 19.5 Å². The van der Waals surface area contributed by atoms with E-state index in [1.165, 1.54) is 0 Å². The van der Waals surface area contributed by atoms with Gasteiger partial charge >= 0.3 is 0 Å². The molecule has 2 N–H and O–H groups in total. The van der Waals surface area contributed by atoms with Crippen molar-refractivity contribution in [2.75, 3.05) is 5.32 Å². The topological polar surface area (TPSA) is 80.0 Å². The number of carbonyl (C=O) groups excluding carboxylic acids is 1. The number of anilines is 1. The Balaban J connectivity index is 1.57. The maximum absolute atomic E-state index is 12.4. The summed E-state index contributed by atoms with van der Waals surface area (Å²) < 4.78 is 5.24. The van der Waals surface area contributed by atoms with Gasteiger partial charge < -0.3 is 15.1 Å². The Morgan fingerprint density at radius 3 is 2.57 bits per heavy atom. The molecule has 4 aromatic rings. The van der Waals surface area contributed by atoms with Crippen LogP contribution in [0, 0.1) is 0 Å². The van der Waals surface area contributed by atoms with E-state index in [1.807, 2.05) is 60.7 Å². The van der Waals surface area contributed by atoms with Crippen LogP contribution in [0.15, 0.2) is 77.4 Å². The number of furan rings is 1. The summed E-state index contributed by atoms with van der Waals surface area (Å²) in [6, 6.07) is 20.9. The van der Waals surface area contributed by atoms with Crippen LogP contribution in [-0.2, 0) is 11.3 Å². The fourth-order valence-electron chi connectivity index (χ4n) is 2.96. The third-order valence-electron chi connectivity index (χ3n) is 4.41. The van der Waals surface area contributed by atoms with Crippen molar-refractivity contribution < 1.29 is 9.21 Å². The summed E-state index contributed by atoms with van der Waals surface area (Å²) in [5.41, 5.74) is 2.65. The van der Waals surface area contributed by atoms with Crippen LogP contribution in [0.3, 0.4) is 0 Å². The summed E-state index contributed by atoms with van der Waals surface area (Å²) in [7, 11) is 0. The van der Waals surface area contributed by atoms with Gasteiger partial charge in [0.1, 0.15) is 11.8 Å². The fourth-order valence-corrected chi connectivity index (χ4v) is 2.96. The molecule has 0 saturated carbocycles. The summed E-state index contributed by atoms with van der Waals surface area (Å²) in [4.78, 5) is 21.6. The molecule has 0 radical (unpaired) electrons. The monoisotopic (exact) mass is 372 g/mol. The number of hydrogen-bond donors (Lipinski definition) is 2. The second-order valence-electron chi connectivity index (χ2n) is 6.44. The Kier molecular flexibility index (Phi) is 5.01. The second kappa shape index (κ2) is 7.92. The highest BCUT2D eigenvalue weighted by Gasteiger charge is 2.16. The molecule has 0 spiro atoms. The number of hydrogen-bond acceptors (Lipinski definition) is 5. The highest BCUT2D eigenvalue weighted by molar-refractivity contribution is 5.93. The van der Waals surface area contributed by atoms with E-state index >= 15 is 0 Å². The van der Waals surface area contributed by atoms with Gasteiger partial charge in [-0.15, -0.1) is 0 Å². The van der Waals surface area contributed by atoms with E-state index in [0.29, 0.717) is 18.3 Å². The number of carbonyl (C=O) groups is 1. The third kappa shape index (κ3) is 3.86. The quantitative estimate of drug-likeness (QED) is 0.535. The summed E-state index contributed by atoms with van der Waals surface area (Å²) in [5, 5.41) is 6.91. The van der Waals surface area contributed by atoms with E-state index in [0.717, 1.165) is 22.2 Å². The van der Waals surface area contributed by atoms with Gasteiger partial charge in [-0.1, -0.05) is 48.5 Å². The Hall–Kier alpha value is -3.67. The number of amides is 1. The van der Waals surface area contributed by atoms with Crippen LogP contribution in [0.4, 0.5) is 5.95 Å². The molecule has 0 saturated heterocycles. The van der Waals surface area contributed by atoms with Crippen molar-refractivity contribution >= 4 is 22.8 Å². The van der Waals surface area contributed by atoms with E-state index < -0.39 is 6.04 Å². The Bertz CT molecular complexity index is 1080. The molecule has 2 aromatic carbocycles. The van der Waals surface area contributed by atoms with E-state index in [4.69, 9.17) is 4.42 Å². The molecule has 0 bridgehead atoms. The molecule has 28 heavy (non-hydrogen) atoms. The van der Waals surface area contributed by atoms with Crippen LogP contribution in [-0.4, -0.2) is 21.9 Å². The predicted molar refractivity (Wildman–Crippen MR) is 109 cm³/mol. The van der Waals surface area contributed by atoms with Gasteiger partial charge in [0.2, 0.25) is 11.9 Å². The van der Waals surface area contributed by atoms with Crippen LogP contribution in [0.25, 0.3) is 22.2 Å². The SMILES string of the molecule is CC(Nc1nc(-c2ccccc2)c2ccccc2n1)C(=O)NCc1ccco1. The highest BCUT2D eigenvalue weighted by Crippen LogP contribution is 2.27. The molecule has 0 aliphatic carbocycles. The first-order valence-corrected chi connectivity index (χ1v) is 9.09. The van der Waals surface area contributed by atoms with Crippen molar-refractivity contribution in [2.24, 2.45) is 0 Å². The van der Waals surface area contributed by atoms with Crippen LogP contribution >= 0.6 is 0 Å². The molecule has 1 unspecified atom stereocenters. The first kappa shape index (κ1) is 17.7. The molecule has 140 valence electrons. The van der Waals surface area contributed by atoms with Gasteiger partial charge in [0.15, 0.2) is 0 Å². The largest absolute Gasteiger partial charge is 0.467 e. The predicted octanol–water partition coefficient (Wildman–Crippen LogP) is 4.01. The van der Waals surface area contributed by atoms with Gasteiger partial charge in [0, 0.05) is 10.9 Å². The number of rotatable bonds is 6. The summed E-state index contributed by atoms with van der Waals surface area (Å²) in [6.45, 7) is 2.11. The second-order valence-corrected chi connectivity index (χ2v) is 6.44. The van der Waals surface area contributed by atoms with Crippen molar-refractivity contribution in [1.29, 1.82) is 0 Å². The maximum Gasteiger partial charge on any atom is 0.242 e. The lowest BCUT2D eigenvalue weighted by atomic mass is 10.1. The van der Waals surface area contributed by atoms with Crippen LogP contribution in [0.1, 0.15) is 12.7 Å². The number of fused-ring (bicyclic) bond motifs is 1. The highest BCUT2D eigenvalue weighted by atomic mass is 16.3. The van der Waals surface area contributed by atoms with E-state index in [9.17, 15) is 4.79 Å². The number of nitrogens with one attached hydrogen (secondary N) is 2. The van der Waals surface area contributed by atoms with Crippen LogP contribution in [0.2, 0.25) is 0 Å². The van der Waals surface area contributed by atoms with Crippen LogP contribution < -0.4 is 10.6 Å². The summed E-state index contributed by atoms with van der Waals surface area (Å²) in [6.07, 6.45) is 1.58. The van der Waals surface area contributed by atoms with Gasteiger partial charge in [0.25, 0.3) is 0 Å². The molecular formula is C22H20N4O2. The normalized spacial score (nSPS) is 11.9. The minimum absolute atomic E-state index is 0.158. The lowest BCUT2D eigenvalue weighted by Gasteiger charge is -2.15. The van der Waals surface area contributed by atoms with Crippen molar-refractivity contribution in [3.05, 3.63) is 78.8 Å². The molecule has 6 nitrogen and oxygen atoms in total. The molecule has 4 rings (SSSR count). The number of benzene rings is 2. The Morgan fingerprint density at radius 1 is 1.00 bits per heavy atom. The summed E-state index contributed by atoms with van der Waals surface area (Å²) >= 11 is 0. The minimum atomic E-state index is -0.500. The minimum Gasteiger partial charge on any atom is -0.467 e. The molecule has 6 heteroatoms. The average Bonchev–Trinajstić information content (AvgIpc) is 3.25. The zero-order valence-corrected chi connectivity index (χ0v) is 15.4. The van der Waals surface area contributed by atoms with Gasteiger partial charge in [0.05, 0.1) is 24.0 Å². The van der Waals surface area contributed by atoms with Crippen molar-refractivity contribution in [1.82, 2.24) is 15.3 Å². The number of para-hydroxylation sites is 1. The molecule has 2 aromatic heterocycles. The van der Waals surface area contributed by atoms with Gasteiger partial charge in [-0.3, -0.25) is 4.79 Å². The first-order chi connectivity index (χ1) is 13.7. The van der Waals surface area contributed by atoms with E-state index in [2.05, 4.69) is 20.6 Å². The molecule has 2 heterocycles. The van der Waals surface area contributed by atoms with Gasteiger partial charge in [-0.05, 0) is 25.1 Å². The zero-order chi connectivity index (χ0) is 19.3. The molecular weight excluding hydrogens is 352 g/mol. The average molecular weight is 372 g/mol. The number of nitrogens with zero attached hydrogens (tertiary/aromatic N) is 2. The van der Waals surface area contributed by atoms with Gasteiger partial charge in [-0.25, -0.2) is 9.97 Å². The lowest BCUT2D eigenvalue weighted by molar-refractivity contribution is -0.121. The zero-order valence-electron chi connectivity index (χ0n) is 15.4. The van der Waals surface area contributed by atoms with Gasteiger partial charge in [-0.2, -0.15) is 0 Å². The number of aromatic nitrogens is 2. The van der Waals surface area contributed by atoms with E-state index in [-0.39, 0.29) is 5.91 Å². The molecule has 1 amide bonds. The Morgan fingerprint density at radius 2 is 1.79 bits per heavy atom. The Labute approximate surface area is 162 Å². The third-order valence-corrected chi connectivity index (χ3v) is 4.41.